The molecule has 1 unspecified atom stereocenters. The fourth-order valence-electron chi connectivity index (χ4n) is 4.61. The highest BCUT2D eigenvalue weighted by atomic mass is 19.3. The van der Waals surface area contributed by atoms with Gasteiger partial charge in [0.2, 0.25) is 5.92 Å². The van der Waals surface area contributed by atoms with Gasteiger partial charge < -0.3 is 10.6 Å². The van der Waals surface area contributed by atoms with E-state index in [1.165, 1.54) is 25.0 Å². The normalized spacial score (nSPS) is 18.1. The molecular formula is C27H40F2N8. The summed E-state index contributed by atoms with van der Waals surface area (Å²) in [6.07, 6.45) is 9.59. The summed E-state index contributed by atoms with van der Waals surface area (Å²) in [7, 11) is 1.83. The van der Waals surface area contributed by atoms with Crippen molar-refractivity contribution in [3.63, 3.8) is 0 Å². The number of nitrogens with one attached hydrogen (secondary N) is 2. The predicted octanol–water partition coefficient (Wildman–Crippen LogP) is 5.59. The molecule has 2 fully saturated rings. The highest BCUT2D eigenvalue weighted by Gasteiger charge is 2.39. The van der Waals surface area contributed by atoms with Gasteiger partial charge in [-0.05, 0) is 51.0 Å². The van der Waals surface area contributed by atoms with E-state index in [1.807, 2.05) is 40.1 Å². The van der Waals surface area contributed by atoms with E-state index in [2.05, 4.69) is 44.0 Å². The van der Waals surface area contributed by atoms with Gasteiger partial charge in [0.25, 0.3) is 5.78 Å². The maximum absolute atomic E-state index is 13.7. The third-order valence-corrected chi connectivity index (χ3v) is 6.61. The van der Waals surface area contributed by atoms with Gasteiger partial charge in [-0.25, -0.2) is 23.3 Å². The number of piperidine rings is 1. The Balaban J connectivity index is 0.000000361. The minimum atomic E-state index is -2.58. The molecule has 10 heteroatoms. The Morgan fingerprint density at radius 2 is 1.97 bits per heavy atom. The first-order valence-electron chi connectivity index (χ1n) is 13.1. The number of aromatic nitrogens is 6. The number of imidazole rings is 1. The Morgan fingerprint density at radius 1 is 1.24 bits per heavy atom. The van der Waals surface area contributed by atoms with E-state index in [0.717, 1.165) is 23.6 Å². The molecule has 1 atom stereocenters. The second-order valence-corrected chi connectivity index (χ2v) is 9.43. The second-order valence-electron chi connectivity index (χ2n) is 9.43. The molecule has 37 heavy (non-hydrogen) atoms. The third-order valence-electron chi connectivity index (χ3n) is 6.61. The molecule has 0 radical (unpaired) electrons. The average Bonchev–Trinajstić information content (AvgIpc) is 3.50. The smallest absolute Gasteiger partial charge is 0.250 e. The highest BCUT2D eigenvalue weighted by molar-refractivity contribution is 5.58. The Bertz CT molecular complexity index is 1160. The van der Waals surface area contributed by atoms with Crippen LogP contribution in [0.3, 0.4) is 0 Å². The maximum atomic E-state index is 13.7. The molecule has 2 N–H and O–H groups in total. The average molecular weight is 515 g/mol. The van der Waals surface area contributed by atoms with Gasteiger partial charge in [-0.1, -0.05) is 27.0 Å². The van der Waals surface area contributed by atoms with Gasteiger partial charge in [0.05, 0.1) is 41.2 Å². The minimum Gasteiger partial charge on any atom is -0.389 e. The van der Waals surface area contributed by atoms with Gasteiger partial charge >= 0.3 is 0 Å². The van der Waals surface area contributed by atoms with Crippen molar-refractivity contribution in [1.29, 1.82) is 0 Å². The SMILES string of the molecule is C=C(NC(c1cn2nc(C)cnc2n1)C1CCC(F)(F)CC1)c1ccnn1C.C=C1CCCCN1.CC. The van der Waals surface area contributed by atoms with Crippen molar-refractivity contribution in [2.24, 2.45) is 13.0 Å². The second kappa shape index (κ2) is 12.8. The summed E-state index contributed by atoms with van der Waals surface area (Å²) in [5, 5.41) is 15.2. The molecule has 1 saturated carbocycles. The molecule has 1 saturated heterocycles. The molecule has 202 valence electrons. The molecule has 1 aliphatic heterocycles. The number of alkyl halides is 2. The summed E-state index contributed by atoms with van der Waals surface area (Å²) in [5.41, 5.74) is 4.23. The van der Waals surface area contributed by atoms with Crippen molar-refractivity contribution in [2.75, 3.05) is 6.54 Å². The minimum absolute atomic E-state index is 0.00983. The molecule has 8 nitrogen and oxygen atoms in total. The highest BCUT2D eigenvalue weighted by Crippen LogP contribution is 2.41. The molecule has 0 spiro atoms. The lowest BCUT2D eigenvalue weighted by Gasteiger charge is -2.34. The zero-order valence-corrected chi connectivity index (χ0v) is 22.5. The van der Waals surface area contributed by atoms with Crippen LogP contribution in [-0.4, -0.2) is 41.8 Å². The number of nitrogens with zero attached hydrogens (tertiary/aromatic N) is 6. The summed E-state index contributed by atoms with van der Waals surface area (Å²) in [6.45, 7) is 14.9. The van der Waals surface area contributed by atoms with Gasteiger partial charge in [-0.15, -0.1) is 0 Å². The number of hydrogen-bond donors (Lipinski definition) is 2. The summed E-state index contributed by atoms with van der Waals surface area (Å²) >= 11 is 0. The summed E-state index contributed by atoms with van der Waals surface area (Å²) in [5.74, 6) is -2.09. The Labute approximate surface area is 218 Å². The molecule has 0 aromatic carbocycles. The fourth-order valence-corrected chi connectivity index (χ4v) is 4.61. The molecule has 3 aromatic rings. The van der Waals surface area contributed by atoms with E-state index >= 15 is 0 Å². The van der Waals surface area contributed by atoms with E-state index in [4.69, 9.17) is 0 Å². The molecule has 3 aromatic heterocycles. The van der Waals surface area contributed by atoms with E-state index in [1.54, 1.807) is 21.6 Å². The van der Waals surface area contributed by atoms with Crippen molar-refractivity contribution in [1.82, 2.24) is 40.0 Å². The van der Waals surface area contributed by atoms with Gasteiger partial charge in [0, 0.05) is 38.3 Å². The molecule has 1 aliphatic carbocycles. The monoisotopic (exact) mass is 514 g/mol. The van der Waals surface area contributed by atoms with Crippen molar-refractivity contribution >= 4 is 11.5 Å². The number of rotatable bonds is 5. The van der Waals surface area contributed by atoms with Crippen LogP contribution in [-0.2, 0) is 7.05 Å². The lowest BCUT2D eigenvalue weighted by Crippen LogP contribution is -2.34. The van der Waals surface area contributed by atoms with Gasteiger partial charge in [0.15, 0.2) is 0 Å². The molecular weight excluding hydrogens is 474 g/mol. The zero-order chi connectivity index (χ0) is 27.0. The van der Waals surface area contributed by atoms with Crippen LogP contribution in [0.15, 0.2) is 43.5 Å². The summed E-state index contributed by atoms with van der Waals surface area (Å²) < 4.78 is 30.8. The molecule has 0 amide bonds. The van der Waals surface area contributed by atoms with E-state index in [-0.39, 0.29) is 24.8 Å². The Kier molecular flexibility index (Phi) is 9.77. The third kappa shape index (κ3) is 7.60. The first-order valence-corrected chi connectivity index (χ1v) is 13.1. The van der Waals surface area contributed by atoms with Crippen LogP contribution in [0.1, 0.15) is 81.9 Å². The van der Waals surface area contributed by atoms with E-state index in [9.17, 15) is 8.78 Å². The Morgan fingerprint density at radius 3 is 2.54 bits per heavy atom. The topological polar surface area (TPSA) is 85.0 Å². The first-order chi connectivity index (χ1) is 17.7. The maximum Gasteiger partial charge on any atom is 0.250 e. The quantitative estimate of drug-likeness (QED) is 0.462. The Hall–Kier alpha value is -3.30. The van der Waals surface area contributed by atoms with Crippen molar-refractivity contribution in [2.45, 2.75) is 77.7 Å². The van der Waals surface area contributed by atoms with Gasteiger partial charge in [0.1, 0.15) is 0 Å². The van der Waals surface area contributed by atoms with Crippen LogP contribution in [0.5, 0.6) is 0 Å². The zero-order valence-electron chi connectivity index (χ0n) is 22.5. The van der Waals surface area contributed by atoms with Crippen molar-refractivity contribution < 1.29 is 8.78 Å². The van der Waals surface area contributed by atoms with E-state index in [0.29, 0.717) is 24.3 Å². The molecule has 0 bridgehead atoms. The summed E-state index contributed by atoms with van der Waals surface area (Å²) in [4.78, 5) is 8.90. The van der Waals surface area contributed by atoms with Crippen LogP contribution in [0.2, 0.25) is 0 Å². The fraction of sp³-hybridized carbons (Fsp3) is 0.556. The van der Waals surface area contributed by atoms with Crippen LogP contribution in [0.25, 0.3) is 11.5 Å². The van der Waals surface area contributed by atoms with Crippen LogP contribution >= 0.6 is 0 Å². The number of halogens is 2. The van der Waals surface area contributed by atoms with Crippen LogP contribution < -0.4 is 10.6 Å². The van der Waals surface area contributed by atoms with Gasteiger partial charge in [-0.3, -0.25) is 4.68 Å². The number of allylic oxidation sites excluding steroid dienone is 1. The number of hydrogen-bond acceptors (Lipinski definition) is 6. The van der Waals surface area contributed by atoms with Crippen molar-refractivity contribution in [3.05, 3.63) is 60.6 Å². The number of fused-ring (bicyclic) bond motifs is 1. The standard InChI is InChI=1S/C19H23F2N7.C6H11N.C2H6/c1-12-10-22-18-25-15(11-28(18)26-12)17(14-4-7-19(20,21)8-5-14)24-13(2)16-6-9-23-27(16)3;1-6-4-2-3-5-7-6;1-2/h6,9-11,14,17,24H,2,4-5,7-8H2,1,3H3;7H,1-5H2;1-2H3. The van der Waals surface area contributed by atoms with Gasteiger partial charge in [-0.2, -0.15) is 10.2 Å². The van der Waals surface area contributed by atoms with Crippen LogP contribution in [0.4, 0.5) is 8.78 Å². The lowest BCUT2D eigenvalue weighted by molar-refractivity contribution is -0.0493. The molecule has 4 heterocycles. The van der Waals surface area contributed by atoms with Crippen molar-refractivity contribution in [3.8, 4) is 0 Å². The molecule has 2 aliphatic rings. The first kappa shape index (κ1) is 28.3. The summed E-state index contributed by atoms with van der Waals surface area (Å²) in [6, 6.07) is 1.60. The molecule has 5 rings (SSSR count). The lowest BCUT2D eigenvalue weighted by atomic mass is 9.81. The predicted molar refractivity (Wildman–Crippen MR) is 143 cm³/mol. The number of aryl methyl sites for hydroxylation is 2. The largest absolute Gasteiger partial charge is 0.389 e. The van der Waals surface area contributed by atoms with Crippen LogP contribution in [0, 0.1) is 12.8 Å². The van der Waals surface area contributed by atoms with E-state index < -0.39 is 5.92 Å².